The van der Waals surface area contributed by atoms with Crippen LogP contribution in [0.4, 0.5) is 13.2 Å². The molecular formula is C19H15F3N2OS. The summed E-state index contributed by atoms with van der Waals surface area (Å²) < 4.78 is 40.5. The minimum absolute atomic E-state index is 0.207. The molecular weight excluding hydrogens is 361 g/mol. The number of rotatable bonds is 5. The maximum absolute atomic E-state index is 13.6. The molecule has 26 heavy (non-hydrogen) atoms. The molecule has 1 aromatic heterocycles. The van der Waals surface area contributed by atoms with E-state index >= 15 is 0 Å². The highest BCUT2D eigenvalue weighted by Crippen LogP contribution is 2.28. The summed E-state index contributed by atoms with van der Waals surface area (Å²) in [6, 6.07) is 9.44. The van der Waals surface area contributed by atoms with E-state index in [1.54, 1.807) is 12.1 Å². The van der Waals surface area contributed by atoms with Gasteiger partial charge < -0.3 is 5.32 Å². The van der Waals surface area contributed by atoms with Crippen molar-refractivity contribution in [1.29, 1.82) is 0 Å². The Balaban J connectivity index is 1.66. The van der Waals surface area contributed by atoms with Gasteiger partial charge in [0, 0.05) is 23.4 Å². The minimum atomic E-state index is -0.898. The molecule has 0 atom stereocenters. The Morgan fingerprint density at radius 1 is 1.12 bits per heavy atom. The summed E-state index contributed by atoms with van der Waals surface area (Å²) in [6.45, 7) is 2.03. The first kappa shape index (κ1) is 18.1. The van der Waals surface area contributed by atoms with Crippen LogP contribution in [-0.2, 0) is 6.42 Å². The van der Waals surface area contributed by atoms with Crippen LogP contribution in [0, 0.1) is 24.4 Å². The van der Waals surface area contributed by atoms with Crippen molar-refractivity contribution in [3.63, 3.8) is 0 Å². The Hall–Kier alpha value is -2.67. The predicted octanol–water partition coefficient (Wildman–Crippen LogP) is 4.51. The summed E-state index contributed by atoms with van der Waals surface area (Å²) in [5.41, 5.74) is 0.872. The molecule has 0 saturated carbocycles. The second kappa shape index (κ2) is 7.70. The van der Waals surface area contributed by atoms with Crippen LogP contribution >= 0.6 is 11.3 Å². The number of halogens is 3. The molecule has 0 saturated heterocycles. The van der Waals surface area contributed by atoms with E-state index in [0.29, 0.717) is 17.0 Å². The van der Waals surface area contributed by atoms with Gasteiger partial charge in [-0.05, 0) is 31.2 Å². The van der Waals surface area contributed by atoms with Crippen molar-refractivity contribution in [2.45, 2.75) is 13.3 Å². The zero-order valence-electron chi connectivity index (χ0n) is 13.9. The molecule has 0 aliphatic heterocycles. The lowest BCUT2D eigenvalue weighted by Gasteiger charge is -2.06. The van der Waals surface area contributed by atoms with Gasteiger partial charge in [-0.1, -0.05) is 18.2 Å². The van der Waals surface area contributed by atoms with Crippen LogP contribution in [0.5, 0.6) is 0 Å². The molecule has 3 aromatic rings. The average Bonchev–Trinajstić information content (AvgIpc) is 2.96. The average molecular weight is 376 g/mol. The van der Waals surface area contributed by atoms with Gasteiger partial charge in [0.1, 0.15) is 28.0 Å². The van der Waals surface area contributed by atoms with Crippen molar-refractivity contribution in [1.82, 2.24) is 10.3 Å². The SMILES string of the molecule is Cc1nc(-c2cccc(F)c2)sc1CCNC(=O)c1c(F)cccc1F. The van der Waals surface area contributed by atoms with Gasteiger partial charge in [0.2, 0.25) is 0 Å². The molecule has 1 N–H and O–H groups in total. The lowest BCUT2D eigenvalue weighted by Crippen LogP contribution is -2.27. The van der Waals surface area contributed by atoms with E-state index in [9.17, 15) is 18.0 Å². The summed E-state index contributed by atoms with van der Waals surface area (Å²) in [7, 11) is 0. The highest BCUT2D eigenvalue weighted by molar-refractivity contribution is 7.15. The number of benzene rings is 2. The van der Waals surface area contributed by atoms with Gasteiger partial charge in [0.25, 0.3) is 5.91 Å². The molecule has 7 heteroatoms. The quantitative estimate of drug-likeness (QED) is 0.712. The maximum atomic E-state index is 13.6. The van der Waals surface area contributed by atoms with Crippen LogP contribution in [0.15, 0.2) is 42.5 Å². The van der Waals surface area contributed by atoms with Crippen molar-refractivity contribution >= 4 is 17.2 Å². The van der Waals surface area contributed by atoms with E-state index in [0.717, 1.165) is 22.7 Å². The molecule has 0 spiro atoms. The maximum Gasteiger partial charge on any atom is 0.257 e. The fourth-order valence-electron chi connectivity index (χ4n) is 2.50. The van der Waals surface area contributed by atoms with E-state index in [2.05, 4.69) is 10.3 Å². The third-order valence-corrected chi connectivity index (χ3v) is 5.06. The van der Waals surface area contributed by atoms with Crippen LogP contribution in [0.3, 0.4) is 0 Å². The summed E-state index contributed by atoms with van der Waals surface area (Å²) in [5.74, 6) is -2.93. The van der Waals surface area contributed by atoms with Gasteiger partial charge in [-0.15, -0.1) is 11.3 Å². The van der Waals surface area contributed by atoms with Crippen LogP contribution in [0.2, 0.25) is 0 Å². The van der Waals surface area contributed by atoms with E-state index in [-0.39, 0.29) is 12.4 Å². The number of amides is 1. The van der Waals surface area contributed by atoms with Gasteiger partial charge in [-0.3, -0.25) is 4.79 Å². The Morgan fingerprint density at radius 3 is 2.50 bits per heavy atom. The summed E-state index contributed by atoms with van der Waals surface area (Å²) >= 11 is 1.40. The smallest absolute Gasteiger partial charge is 0.257 e. The lowest BCUT2D eigenvalue weighted by molar-refractivity contribution is 0.0945. The van der Waals surface area contributed by atoms with Crippen LogP contribution in [-0.4, -0.2) is 17.4 Å². The number of carbonyl (C=O) groups excluding carboxylic acids is 1. The zero-order chi connectivity index (χ0) is 18.7. The molecule has 0 bridgehead atoms. The first-order valence-corrected chi connectivity index (χ1v) is 8.72. The Labute approximate surface area is 152 Å². The normalized spacial score (nSPS) is 10.8. The Bertz CT molecular complexity index is 935. The number of hydrogen-bond acceptors (Lipinski definition) is 3. The molecule has 0 fully saturated rings. The number of aromatic nitrogens is 1. The predicted molar refractivity (Wildman–Crippen MR) is 94.6 cm³/mol. The molecule has 0 radical (unpaired) electrons. The molecule has 3 nitrogen and oxygen atoms in total. The van der Waals surface area contributed by atoms with Crippen molar-refractivity contribution in [2.75, 3.05) is 6.54 Å². The third-order valence-electron chi connectivity index (χ3n) is 3.79. The van der Waals surface area contributed by atoms with Gasteiger partial charge in [-0.25, -0.2) is 18.2 Å². The summed E-state index contributed by atoms with van der Waals surface area (Å²) in [6.07, 6.45) is 0.459. The monoisotopic (exact) mass is 376 g/mol. The fourth-order valence-corrected chi connectivity index (χ4v) is 3.56. The van der Waals surface area contributed by atoms with E-state index in [4.69, 9.17) is 0 Å². The number of thiazole rings is 1. The van der Waals surface area contributed by atoms with Gasteiger partial charge in [0.05, 0.1) is 5.69 Å². The minimum Gasteiger partial charge on any atom is -0.351 e. The third kappa shape index (κ3) is 3.94. The molecule has 0 unspecified atom stereocenters. The zero-order valence-corrected chi connectivity index (χ0v) is 14.7. The van der Waals surface area contributed by atoms with E-state index < -0.39 is 23.1 Å². The van der Waals surface area contributed by atoms with Crippen molar-refractivity contribution in [3.8, 4) is 10.6 Å². The highest BCUT2D eigenvalue weighted by atomic mass is 32.1. The number of nitrogens with one attached hydrogen (secondary N) is 1. The molecule has 1 amide bonds. The molecule has 134 valence electrons. The highest BCUT2D eigenvalue weighted by Gasteiger charge is 2.17. The summed E-state index contributed by atoms with van der Waals surface area (Å²) in [5, 5.41) is 3.20. The second-order valence-electron chi connectivity index (χ2n) is 5.64. The first-order valence-electron chi connectivity index (χ1n) is 7.90. The van der Waals surface area contributed by atoms with Crippen molar-refractivity contribution in [3.05, 3.63) is 76.1 Å². The van der Waals surface area contributed by atoms with Gasteiger partial charge in [-0.2, -0.15) is 0 Å². The lowest BCUT2D eigenvalue weighted by atomic mass is 10.2. The molecule has 2 aromatic carbocycles. The van der Waals surface area contributed by atoms with Crippen LogP contribution in [0.25, 0.3) is 10.6 Å². The standard InChI is InChI=1S/C19H15F3N2OS/c1-11-16(26-19(24-11)12-4-2-5-13(20)10-12)8-9-23-18(25)17-14(21)6-3-7-15(17)22/h2-7,10H,8-9H2,1H3,(H,23,25). The van der Waals surface area contributed by atoms with Crippen molar-refractivity contribution < 1.29 is 18.0 Å². The number of carbonyl (C=O) groups is 1. The molecule has 0 aliphatic rings. The molecule has 0 aliphatic carbocycles. The largest absolute Gasteiger partial charge is 0.351 e. The van der Waals surface area contributed by atoms with Crippen LogP contribution < -0.4 is 5.32 Å². The van der Waals surface area contributed by atoms with Crippen LogP contribution in [0.1, 0.15) is 20.9 Å². The summed E-state index contributed by atoms with van der Waals surface area (Å²) in [4.78, 5) is 17.3. The van der Waals surface area contributed by atoms with E-state index in [1.807, 2.05) is 6.92 Å². The Kier molecular flexibility index (Phi) is 5.37. The van der Waals surface area contributed by atoms with Crippen molar-refractivity contribution in [2.24, 2.45) is 0 Å². The fraction of sp³-hybridized carbons (Fsp3) is 0.158. The number of nitrogens with zero attached hydrogens (tertiary/aromatic N) is 1. The van der Waals surface area contributed by atoms with Gasteiger partial charge >= 0.3 is 0 Å². The topological polar surface area (TPSA) is 42.0 Å². The number of aryl methyl sites for hydroxylation is 1. The molecule has 3 rings (SSSR count). The van der Waals surface area contributed by atoms with Gasteiger partial charge in [0.15, 0.2) is 0 Å². The second-order valence-corrected chi connectivity index (χ2v) is 6.72. The van der Waals surface area contributed by atoms with E-state index in [1.165, 1.54) is 29.5 Å². The molecule has 1 heterocycles. The number of hydrogen-bond donors (Lipinski definition) is 1. The Morgan fingerprint density at radius 2 is 1.81 bits per heavy atom. The first-order chi connectivity index (χ1) is 12.5.